The summed E-state index contributed by atoms with van der Waals surface area (Å²) in [5.74, 6) is -3.20. The number of benzene rings is 1. The lowest BCUT2D eigenvalue weighted by Gasteiger charge is -2.28. The second kappa shape index (κ2) is 11.5. The number of carboxylic acid groups (broad SMARTS) is 1. The summed E-state index contributed by atoms with van der Waals surface area (Å²) in [6.07, 6.45) is 0.520. The van der Waals surface area contributed by atoms with Crippen molar-refractivity contribution < 1.29 is 38.5 Å². The fraction of sp³-hybridized carbons (Fsp3) is 0.545. The molecule has 1 rings (SSSR count). The highest BCUT2D eigenvalue weighted by Gasteiger charge is 2.37. The Kier molecular flexibility index (Phi) is 9.64. The summed E-state index contributed by atoms with van der Waals surface area (Å²) in [5, 5.41) is 9.74. The van der Waals surface area contributed by atoms with Crippen molar-refractivity contribution in [2.75, 3.05) is 0 Å². The zero-order valence-corrected chi connectivity index (χ0v) is 18.6. The third-order valence-electron chi connectivity index (χ3n) is 4.55. The van der Waals surface area contributed by atoms with Gasteiger partial charge in [0.1, 0.15) is 11.6 Å². The molecule has 0 aliphatic carbocycles. The van der Waals surface area contributed by atoms with Crippen LogP contribution >= 0.6 is 0 Å². The van der Waals surface area contributed by atoms with Crippen molar-refractivity contribution in [1.29, 1.82) is 0 Å². The predicted molar refractivity (Wildman–Crippen MR) is 112 cm³/mol. The number of carbonyl (C=O) groups excluding carboxylic acids is 3. The number of hydrogen-bond donors (Lipinski definition) is 2. The Bertz CT molecular complexity index is 822. The second-order valence-corrected chi connectivity index (χ2v) is 7.75. The SMILES string of the molecule is CCCC(C)C(=O)O[C@@H](C)CC(N)(Cc1ccc(OC(C)=O)c(OC(C)=O)c1)C(=O)O. The zero-order chi connectivity index (χ0) is 23.8. The van der Waals surface area contributed by atoms with Crippen LogP contribution in [0, 0.1) is 5.92 Å². The molecule has 0 aromatic heterocycles. The van der Waals surface area contributed by atoms with Gasteiger partial charge in [0.15, 0.2) is 11.5 Å². The van der Waals surface area contributed by atoms with Crippen LogP contribution in [-0.4, -0.2) is 40.6 Å². The topological polar surface area (TPSA) is 142 Å². The highest BCUT2D eigenvalue weighted by molar-refractivity contribution is 5.79. The predicted octanol–water partition coefficient (Wildman–Crippen LogP) is 2.62. The molecule has 0 heterocycles. The minimum Gasteiger partial charge on any atom is -0.480 e. The molecule has 9 nitrogen and oxygen atoms in total. The number of carbonyl (C=O) groups is 4. The highest BCUT2D eigenvalue weighted by Crippen LogP contribution is 2.31. The van der Waals surface area contributed by atoms with Gasteiger partial charge < -0.3 is 25.1 Å². The van der Waals surface area contributed by atoms with Crippen LogP contribution < -0.4 is 15.2 Å². The van der Waals surface area contributed by atoms with Gasteiger partial charge in [-0.1, -0.05) is 26.3 Å². The van der Waals surface area contributed by atoms with Crippen LogP contribution in [0.2, 0.25) is 0 Å². The Hall–Kier alpha value is -2.94. The maximum absolute atomic E-state index is 12.1. The van der Waals surface area contributed by atoms with E-state index in [4.69, 9.17) is 19.9 Å². The van der Waals surface area contributed by atoms with Crippen LogP contribution in [0.3, 0.4) is 0 Å². The first-order valence-corrected chi connectivity index (χ1v) is 10.1. The van der Waals surface area contributed by atoms with Crippen molar-refractivity contribution in [3.05, 3.63) is 23.8 Å². The molecular formula is C22H31NO8. The maximum Gasteiger partial charge on any atom is 0.324 e. The standard InChI is InChI=1S/C22H31NO8/c1-6-7-13(2)20(26)29-14(3)11-22(23,21(27)28)12-17-8-9-18(30-15(4)24)19(10-17)31-16(5)25/h8-10,13-14H,6-7,11-12,23H2,1-5H3,(H,27,28)/t13?,14-,22?/m0/s1. The molecule has 0 spiro atoms. The van der Waals surface area contributed by atoms with Gasteiger partial charge in [0.2, 0.25) is 0 Å². The molecule has 0 radical (unpaired) electrons. The fourth-order valence-corrected chi connectivity index (χ4v) is 3.16. The highest BCUT2D eigenvalue weighted by atomic mass is 16.6. The van der Waals surface area contributed by atoms with Crippen molar-refractivity contribution >= 4 is 23.9 Å². The van der Waals surface area contributed by atoms with E-state index < -0.39 is 35.5 Å². The summed E-state index contributed by atoms with van der Waals surface area (Å²) >= 11 is 0. The van der Waals surface area contributed by atoms with E-state index in [1.807, 2.05) is 6.92 Å². The first kappa shape index (κ1) is 26.1. The number of esters is 3. The Labute approximate surface area is 181 Å². The summed E-state index contributed by atoms with van der Waals surface area (Å²) < 4.78 is 15.5. The zero-order valence-electron chi connectivity index (χ0n) is 18.6. The summed E-state index contributed by atoms with van der Waals surface area (Å²) in [6.45, 7) is 7.69. The molecule has 3 N–H and O–H groups in total. The number of nitrogens with two attached hydrogens (primary N) is 1. The normalized spacial score (nSPS) is 14.6. The fourth-order valence-electron chi connectivity index (χ4n) is 3.16. The Morgan fingerprint density at radius 3 is 2.16 bits per heavy atom. The molecule has 0 aliphatic rings. The van der Waals surface area contributed by atoms with Gasteiger partial charge in [-0.3, -0.25) is 19.2 Å². The van der Waals surface area contributed by atoms with Crippen LogP contribution in [-0.2, 0) is 30.3 Å². The number of ether oxygens (including phenoxy) is 3. The minimum atomic E-state index is -1.75. The monoisotopic (exact) mass is 437 g/mol. The van der Waals surface area contributed by atoms with E-state index in [-0.39, 0.29) is 30.3 Å². The molecule has 0 saturated heterocycles. The molecule has 0 amide bonds. The van der Waals surface area contributed by atoms with Gasteiger partial charge in [0, 0.05) is 26.7 Å². The van der Waals surface area contributed by atoms with Gasteiger partial charge in [0.05, 0.1) is 5.92 Å². The van der Waals surface area contributed by atoms with Crippen molar-refractivity contribution in [2.45, 2.75) is 71.9 Å². The quantitative estimate of drug-likeness (QED) is 0.394. The van der Waals surface area contributed by atoms with Crippen LogP contribution in [0.15, 0.2) is 18.2 Å². The average molecular weight is 437 g/mol. The first-order chi connectivity index (χ1) is 14.4. The van der Waals surface area contributed by atoms with Crippen molar-refractivity contribution in [3.63, 3.8) is 0 Å². The Balaban J connectivity index is 3.05. The molecule has 9 heteroatoms. The summed E-state index contributed by atoms with van der Waals surface area (Å²) in [4.78, 5) is 46.7. The van der Waals surface area contributed by atoms with Crippen molar-refractivity contribution in [3.8, 4) is 11.5 Å². The van der Waals surface area contributed by atoms with E-state index in [1.54, 1.807) is 13.8 Å². The number of aliphatic carboxylic acids is 1. The summed E-state index contributed by atoms with van der Waals surface area (Å²) in [6, 6.07) is 4.31. The third kappa shape index (κ3) is 8.37. The van der Waals surface area contributed by atoms with Gasteiger partial charge in [-0.2, -0.15) is 0 Å². The number of hydrogen-bond acceptors (Lipinski definition) is 8. The van der Waals surface area contributed by atoms with Gasteiger partial charge >= 0.3 is 23.9 Å². The molecule has 0 bridgehead atoms. The van der Waals surface area contributed by atoms with Gasteiger partial charge in [-0.05, 0) is 31.0 Å². The lowest BCUT2D eigenvalue weighted by Crippen LogP contribution is -2.52. The molecule has 31 heavy (non-hydrogen) atoms. The molecular weight excluding hydrogens is 406 g/mol. The molecule has 0 fully saturated rings. The van der Waals surface area contributed by atoms with E-state index in [1.165, 1.54) is 32.0 Å². The van der Waals surface area contributed by atoms with Crippen LogP contribution in [0.1, 0.15) is 59.4 Å². The third-order valence-corrected chi connectivity index (χ3v) is 4.55. The molecule has 0 saturated carbocycles. The van der Waals surface area contributed by atoms with Crippen LogP contribution in [0.25, 0.3) is 0 Å². The van der Waals surface area contributed by atoms with E-state index >= 15 is 0 Å². The molecule has 1 aromatic carbocycles. The number of carboxylic acids is 1. The van der Waals surface area contributed by atoms with Crippen LogP contribution in [0.5, 0.6) is 11.5 Å². The molecule has 172 valence electrons. The van der Waals surface area contributed by atoms with Gasteiger partial charge in [0.25, 0.3) is 0 Å². The first-order valence-electron chi connectivity index (χ1n) is 10.1. The van der Waals surface area contributed by atoms with Crippen molar-refractivity contribution in [1.82, 2.24) is 0 Å². The molecule has 1 aromatic rings. The maximum atomic E-state index is 12.1. The number of rotatable bonds is 11. The van der Waals surface area contributed by atoms with E-state index in [0.29, 0.717) is 12.0 Å². The smallest absolute Gasteiger partial charge is 0.324 e. The lowest BCUT2D eigenvalue weighted by molar-refractivity contribution is -0.156. The largest absolute Gasteiger partial charge is 0.480 e. The van der Waals surface area contributed by atoms with Crippen molar-refractivity contribution in [2.24, 2.45) is 11.7 Å². The van der Waals surface area contributed by atoms with E-state index in [2.05, 4.69) is 0 Å². The lowest BCUT2D eigenvalue weighted by atomic mass is 9.86. The van der Waals surface area contributed by atoms with E-state index in [9.17, 15) is 24.3 Å². The van der Waals surface area contributed by atoms with Gasteiger partial charge in [-0.15, -0.1) is 0 Å². The van der Waals surface area contributed by atoms with Gasteiger partial charge in [-0.25, -0.2) is 0 Å². The molecule has 0 aliphatic heterocycles. The summed E-state index contributed by atoms with van der Waals surface area (Å²) in [5.41, 5.74) is 4.86. The van der Waals surface area contributed by atoms with E-state index in [0.717, 1.165) is 6.42 Å². The molecule has 2 unspecified atom stereocenters. The van der Waals surface area contributed by atoms with Crippen LogP contribution in [0.4, 0.5) is 0 Å². The summed E-state index contributed by atoms with van der Waals surface area (Å²) in [7, 11) is 0. The Morgan fingerprint density at radius 1 is 1.06 bits per heavy atom. The Morgan fingerprint density at radius 2 is 1.65 bits per heavy atom. The average Bonchev–Trinajstić information content (AvgIpc) is 2.62. The molecule has 3 atom stereocenters. The second-order valence-electron chi connectivity index (χ2n) is 7.75. The minimum absolute atomic E-state index is 0.0246.